The van der Waals surface area contributed by atoms with Crippen molar-refractivity contribution in [1.29, 1.82) is 0 Å². The van der Waals surface area contributed by atoms with Crippen molar-refractivity contribution < 1.29 is 17.9 Å². The molecule has 8 heteroatoms. The molecule has 1 heterocycles. The van der Waals surface area contributed by atoms with E-state index in [1.54, 1.807) is 41.3 Å². The minimum atomic E-state index is -3.17. The number of amides is 1. The van der Waals surface area contributed by atoms with Gasteiger partial charge in [-0.3, -0.25) is 4.79 Å². The second kappa shape index (κ2) is 9.37. The molecule has 1 aliphatic rings. The number of carbonyl (C=O) groups excluding carboxylic acids is 1. The number of carbonyl (C=O) groups is 1. The van der Waals surface area contributed by atoms with E-state index in [-0.39, 0.29) is 24.0 Å². The highest BCUT2D eigenvalue weighted by atomic mass is 35.5. The summed E-state index contributed by atoms with van der Waals surface area (Å²) < 4.78 is 29.9. The van der Waals surface area contributed by atoms with Crippen molar-refractivity contribution in [1.82, 2.24) is 4.90 Å². The Bertz CT molecular complexity index is 994. The molecule has 0 aliphatic carbocycles. The van der Waals surface area contributed by atoms with Crippen LogP contribution in [-0.4, -0.2) is 43.4 Å². The minimum Gasteiger partial charge on any atom is -0.493 e. The highest BCUT2D eigenvalue weighted by molar-refractivity contribution is 7.91. The average molecular weight is 456 g/mol. The van der Waals surface area contributed by atoms with Gasteiger partial charge in [-0.05, 0) is 42.7 Å². The van der Waals surface area contributed by atoms with Gasteiger partial charge in [-0.2, -0.15) is 0 Å². The van der Waals surface area contributed by atoms with Gasteiger partial charge in [-0.25, -0.2) is 8.42 Å². The Balaban J connectivity index is 1.96. The van der Waals surface area contributed by atoms with Gasteiger partial charge >= 0.3 is 0 Å². The van der Waals surface area contributed by atoms with Crippen LogP contribution in [0.4, 0.5) is 0 Å². The minimum absolute atomic E-state index is 0.0536. The van der Waals surface area contributed by atoms with Crippen LogP contribution in [0.2, 0.25) is 10.0 Å². The third kappa shape index (κ3) is 5.44. The monoisotopic (exact) mass is 455 g/mol. The topological polar surface area (TPSA) is 63.7 Å². The number of benzene rings is 2. The number of rotatable bonds is 7. The molecule has 1 atom stereocenters. The summed E-state index contributed by atoms with van der Waals surface area (Å²) in [6.45, 7) is 2.67. The molecule has 0 radical (unpaired) electrons. The molecule has 29 heavy (non-hydrogen) atoms. The van der Waals surface area contributed by atoms with E-state index in [4.69, 9.17) is 27.9 Å². The number of hydrogen-bond acceptors (Lipinski definition) is 4. The molecule has 0 spiro atoms. The lowest BCUT2D eigenvalue weighted by molar-refractivity contribution is 0.0676. The van der Waals surface area contributed by atoms with Crippen molar-refractivity contribution >= 4 is 38.9 Å². The molecule has 2 aromatic carbocycles. The third-order valence-electron chi connectivity index (χ3n) is 4.84. The normalized spacial score (nSPS) is 17.8. The Morgan fingerprint density at radius 1 is 1.21 bits per heavy atom. The van der Waals surface area contributed by atoms with E-state index >= 15 is 0 Å². The summed E-state index contributed by atoms with van der Waals surface area (Å²) in [6.07, 6.45) is 1.21. The second-order valence-corrected chi connectivity index (χ2v) is 10.1. The van der Waals surface area contributed by atoms with E-state index in [1.807, 2.05) is 13.0 Å². The van der Waals surface area contributed by atoms with E-state index in [1.165, 1.54) is 0 Å². The zero-order valence-electron chi connectivity index (χ0n) is 16.1. The fourth-order valence-electron chi connectivity index (χ4n) is 3.36. The zero-order valence-corrected chi connectivity index (χ0v) is 18.4. The van der Waals surface area contributed by atoms with Crippen molar-refractivity contribution in [2.45, 2.75) is 32.4 Å². The zero-order chi connectivity index (χ0) is 21.0. The SMILES string of the molecule is CCCOc1ccccc1C(=O)N(Cc1ccc(Cl)cc1Cl)C1CCS(=O)(=O)C1. The van der Waals surface area contributed by atoms with Crippen molar-refractivity contribution in [3.63, 3.8) is 0 Å². The quantitative estimate of drug-likeness (QED) is 0.611. The summed E-state index contributed by atoms with van der Waals surface area (Å²) in [6, 6.07) is 11.7. The Morgan fingerprint density at radius 3 is 2.62 bits per heavy atom. The van der Waals surface area contributed by atoms with Gasteiger partial charge < -0.3 is 9.64 Å². The first-order chi connectivity index (χ1) is 13.8. The molecule has 0 bridgehead atoms. The average Bonchev–Trinajstić information content (AvgIpc) is 3.05. The lowest BCUT2D eigenvalue weighted by Gasteiger charge is -2.29. The highest BCUT2D eigenvalue weighted by Crippen LogP contribution is 2.29. The van der Waals surface area contributed by atoms with Crippen LogP contribution in [-0.2, 0) is 16.4 Å². The molecular weight excluding hydrogens is 433 g/mol. The summed E-state index contributed by atoms with van der Waals surface area (Å²) in [7, 11) is -3.17. The first-order valence-corrected chi connectivity index (χ1v) is 12.1. The fraction of sp³-hybridized carbons (Fsp3) is 0.381. The predicted molar refractivity (Wildman–Crippen MR) is 116 cm³/mol. The van der Waals surface area contributed by atoms with Crippen LogP contribution in [0.5, 0.6) is 5.75 Å². The number of sulfone groups is 1. The molecule has 0 aromatic heterocycles. The predicted octanol–water partition coefficient (Wildman–Crippen LogP) is 4.61. The summed E-state index contributed by atoms with van der Waals surface area (Å²) in [5.41, 5.74) is 1.12. The van der Waals surface area contributed by atoms with Gasteiger partial charge in [0.05, 0.1) is 23.7 Å². The first kappa shape index (κ1) is 21.9. The Hall–Kier alpha value is -1.76. The van der Waals surface area contributed by atoms with Crippen molar-refractivity contribution in [2.75, 3.05) is 18.1 Å². The third-order valence-corrected chi connectivity index (χ3v) is 7.18. The van der Waals surface area contributed by atoms with E-state index in [9.17, 15) is 13.2 Å². The van der Waals surface area contributed by atoms with Crippen LogP contribution >= 0.6 is 23.2 Å². The Labute approximate surface area is 181 Å². The molecule has 1 aliphatic heterocycles. The maximum Gasteiger partial charge on any atom is 0.258 e. The first-order valence-electron chi connectivity index (χ1n) is 9.48. The van der Waals surface area contributed by atoms with Gasteiger partial charge in [-0.1, -0.05) is 48.3 Å². The summed E-state index contributed by atoms with van der Waals surface area (Å²) in [5, 5.41) is 0.935. The number of hydrogen-bond donors (Lipinski definition) is 0. The molecule has 3 rings (SSSR count). The van der Waals surface area contributed by atoms with Crippen molar-refractivity contribution in [3.05, 3.63) is 63.6 Å². The molecule has 0 saturated carbocycles. The van der Waals surface area contributed by atoms with Crippen LogP contribution in [0, 0.1) is 0 Å². The second-order valence-electron chi connectivity index (χ2n) is 7.07. The molecule has 2 aromatic rings. The van der Waals surface area contributed by atoms with Crippen LogP contribution in [0.15, 0.2) is 42.5 Å². The lowest BCUT2D eigenvalue weighted by atomic mass is 10.1. The maximum atomic E-state index is 13.5. The fourth-order valence-corrected chi connectivity index (χ4v) is 5.56. The summed E-state index contributed by atoms with van der Waals surface area (Å²) >= 11 is 12.3. The van der Waals surface area contributed by atoms with E-state index < -0.39 is 15.9 Å². The largest absolute Gasteiger partial charge is 0.493 e. The molecule has 1 fully saturated rings. The molecule has 0 N–H and O–H groups in total. The number of halogens is 2. The summed E-state index contributed by atoms with van der Waals surface area (Å²) in [5.74, 6) is 0.239. The molecule has 1 amide bonds. The molecule has 156 valence electrons. The number of para-hydroxylation sites is 1. The Kier molecular flexibility index (Phi) is 7.09. The number of nitrogens with zero attached hydrogens (tertiary/aromatic N) is 1. The molecule has 5 nitrogen and oxygen atoms in total. The number of ether oxygens (including phenoxy) is 1. The van der Waals surface area contributed by atoms with Gasteiger partial charge in [0.2, 0.25) is 0 Å². The smallest absolute Gasteiger partial charge is 0.258 e. The standard InChI is InChI=1S/C21H23Cl2NO4S/c1-2-10-28-20-6-4-3-5-18(20)21(25)24(17-9-11-29(26,27)14-17)13-15-7-8-16(22)12-19(15)23/h3-8,12,17H,2,9-11,13-14H2,1H3. The molecule has 1 saturated heterocycles. The van der Waals surface area contributed by atoms with Crippen molar-refractivity contribution in [2.24, 2.45) is 0 Å². The van der Waals surface area contributed by atoms with Crippen LogP contribution < -0.4 is 4.74 Å². The van der Waals surface area contributed by atoms with E-state index in [0.717, 1.165) is 6.42 Å². The van der Waals surface area contributed by atoms with Crippen LogP contribution in [0.1, 0.15) is 35.7 Å². The van der Waals surface area contributed by atoms with E-state index in [0.29, 0.717) is 39.9 Å². The summed E-state index contributed by atoms with van der Waals surface area (Å²) in [4.78, 5) is 15.1. The van der Waals surface area contributed by atoms with Crippen molar-refractivity contribution in [3.8, 4) is 5.75 Å². The van der Waals surface area contributed by atoms with Crippen LogP contribution in [0.3, 0.4) is 0 Å². The lowest BCUT2D eigenvalue weighted by Crippen LogP contribution is -2.40. The Morgan fingerprint density at radius 2 is 1.97 bits per heavy atom. The molecular formula is C21H23Cl2NO4S. The van der Waals surface area contributed by atoms with Gasteiger partial charge in [0.15, 0.2) is 9.84 Å². The maximum absolute atomic E-state index is 13.5. The van der Waals surface area contributed by atoms with Gasteiger partial charge in [0, 0.05) is 22.6 Å². The van der Waals surface area contributed by atoms with E-state index in [2.05, 4.69) is 0 Å². The van der Waals surface area contributed by atoms with Gasteiger partial charge in [-0.15, -0.1) is 0 Å². The van der Waals surface area contributed by atoms with Gasteiger partial charge in [0.25, 0.3) is 5.91 Å². The molecule has 1 unspecified atom stereocenters. The van der Waals surface area contributed by atoms with Gasteiger partial charge in [0.1, 0.15) is 5.75 Å². The highest BCUT2D eigenvalue weighted by Gasteiger charge is 2.36. The van der Waals surface area contributed by atoms with Crippen LogP contribution in [0.25, 0.3) is 0 Å².